The zero-order valence-electron chi connectivity index (χ0n) is 23.5. The fourth-order valence-corrected chi connectivity index (χ4v) is 8.44. The van der Waals surface area contributed by atoms with Crippen LogP contribution in [0.1, 0.15) is 128 Å². The Bertz CT molecular complexity index is 899. The van der Waals surface area contributed by atoms with Crippen LogP contribution in [0.5, 0.6) is 5.75 Å². The summed E-state index contributed by atoms with van der Waals surface area (Å²) in [6.07, 6.45) is 26.1. The number of ether oxygens (including phenoxy) is 1. The van der Waals surface area contributed by atoms with Crippen molar-refractivity contribution >= 4 is 6.08 Å². The van der Waals surface area contributed by atoms with Crippen LogP contribution in [0.2, 0.25) is 0 Å². The Balaban J connectivity index is 1.08. The predicted molar refractivity (Wildman–Crippen MR) is 150 cm³/mol. The van der Waals surface area contributed by atoms with E-state index in [1.54, 1.807) is 0 Å². The van der Waals surface area contributed by atoms with Crippen LogP contribution in [-0.4, -0.2) is 6.10 Å². The van der Waals surface area contributed by atoms with Crippen LogP contribution in [0.3, 0.4) is 0 Å². The van der Waals surface area contributed by atoms with E-state index in [4.69, 9.17) is 4.74 Å². The number of fused-ring (bicyclic) bond motifs is 1. The van der Waals surface area contributed by atoms with Crippen molar-refractivity contribution in [1.29, 1.82) is 0 Å². The number of allylic oxidation sites excluding steroid dienone is 1. The van der Waals surface area contributed by atoms with Crippen molar-refractivity contribution in [3.8, 4) is 5.75 Å². The first kappa shape index (κ1) is 27.2. The van der Waals surface area contributed by atoms with Gasteiger partial charge in [0.1, 0.15) is 0 Å². The van der Waals surface area contributed by atoms with E-state index in [1.807, 2.05) is 19.1 Å². The Kier molecular flexibility index (Phi) is 9.30. The second-order valence-electron chi connectivity index (χ2n) is 13.0. The molecule has 3 aliphatic carbocycles. The third kappa shape index (κ3) is 6.44. The molecular weight excluding hydrogens is 462 g/mol. The monoisotopic (exact) mass is 512 g/mol. The second-order valence-corrected chi connectivity index (χ2v) is 13.0. The van der Waals surface area contributed by atoms with Gasteiger partial charge in [0.15, 0.2) is 11.6 Å². The lowest BCUT2D eigenvalue weighted by atomic mass is 9.65. The molecule has 4 aliphatic rings. The van der Waals surface area contributed by atoms with E-state index in [9.17, 15) is 8.78 Å². The summed E-state index contributed by atoms with van der Waals surface area (Å²) in [5, 5.41) is 0. The van der Waals surface area contributed by atoms with Crippen molar-refractivity contribution in [2.45, 2.75) is 129 Å². The molecule has 0 amide bonds. The summed E-state index contributed by atoms with van der Waals surface area (Å²) in [6.45, 7) is 4.37. The van der Waals surface area contributed by atoms with Crippen LogP contribution in [-0.2, 0) is 6.42 Å². The first-order valence-corrected chi connectivity index (χ1v) is 15.9. The Hall–Kier alpha value is -1.38. The molecule has 1 heterocycles. The average molecular weight is 513 g/mol. The molecular formula is C34H50F2O. The van der Waals surface area contributed by atoms with E-state index in [2.05, 4.69) is 13.0 Å². The molecule has 1 nitrogen and oxygen atoms in total. The van der Waals surface area contributed by atoms with Crippen molar-refractivity contribution in [3.05, 3.63) is 34.9 Å². The quantitative estimate of drug-likeness (QED) is 0.353. The number of aryl methyl sites for hydroxylation is 1. The lowest BCUT2D eigenvalue weighted by Gasteiger charge is -2.41. The van der Waals surface area contributed by atoms with Gasteiger partial charge in [-0.05, 0) is 131 Å². The standard InChI is InChI=1S/C34H50F2O/c1-3-5-23-6-11-25(12-7-23)27-16-18-28(19-17-27)26-13-8-24(9-14-26)10-15-29-22-30-20-21-31(4-2)37-34(30)33(36)32(29)35/h10,15,22-28,31H,3-9,11-14,16-21H2,1-2H3/b15-10+. The van der Waals surface area contributed by atoms with Gasteiger partial charge >= 0.3 is 0 Å². The molecule has 1 atom stereocenters. The summed E-state index contributed by atoms with van der Waals surface area (Å²) < 4.78 is 35.3. The summed E-state index contributed by atoms with van der Waals surface area (Å²) in [5.41, 5.74) is 1.20. The zero-order chi connectivity index (χ0) is 25.8. The molecule has 1 unspecified atom stereocenters. The summed E-state index contributed by atoms with van der Waals surface area (Å²) in [6, 6.07) is 1.82. The van der Waals surface area contributed by atoms with Crippen LogP contribution in [0, 0.1) is 47.1 Å². The van der Waals surface area contributed by atoms with Crippen LogP contribution in [0.4, 0.5) is 8.78 Å². The highest BCUT2D eigenvalue weighted by Crippen LogP contribution is 2.46. The highest BCUT2D eigenvalue weighted by atomic mass is 19.2. The van der Waals surface area contributed by atoms with E-state index in [-0.39, 0.29) is 11.9 Å². The van der Waals surface area contributed by atoms with Crippen molar-refractivity contribution in [3.63, 3.8) is 0 Å². The van der Waals surface area contributed by atoms with Gasteiger partial charge < -0.3 is 4.74 Å². The van der Waals surface area contributed by atoms with E-state index < -0.39 is 11.6 Å². The Morgan fingerprint density at radius 1 is 0.757 bits per heavy atom. The molecule has 1 aromatic rings. The van der Waals surface area contributed by atoms with Gasteiger partial charge in [-0.3, -0.25) is 0 Å². The smallest absolute Gasteiger partial charge is 0.201 e. The van der Waals surface area contributed by atoms with Crippen LogP contribution >= 0.6 is 0 Å². The van der Waals surface area contributed by atoms with Gasteiger partial charge in [0.25, 0.3) is 0 Å². The van der Waals surface area contributed by atoms with Crippen LogP contribution in [0.25, 0.3) is 6.08 Å². The Labute approximate surface area is 224 Å². The molecule has 0 N–H and O–H groups in total. The Morgan fingerprint density at radius 3 is 1.89 bits per heavy atom. The molecule has 3 fully saturated rings. The lowest BCUT2D eigenvalue weighted by Crippen LogP contribution is -2.29. The summed E-state index contributed by atoms with van der Waals surface area (Å²) >= 11 is 0. The number of rotatable bonds is 7. The zero-order valence-corrected chi connectivity index (χ0v) is 23.5. The minimum atomic E-state index is -0.802. The predicted octanol–water partition coefficient (Wildman–Crippen LogP) is 10.3. The molecule has 0 aromatic heterocycles. The molecule has 206 valence electrons. The molecule has 3 saturated carbocycles. The van der Waals surface area contributed by atoms with Crippen molar-refractivity contribution in [2.24, 2.45) is 35.5 Å². The summed E-state index contributed by atoms with van der Waals surface area (Å²) in [4.78, 5) is 0. The second kappa shape index (κ2) is 12.6. The molecule has 0 radical (unpaired) electrons. The summed E-state index contributed by atoms with van der Waals surface area (Å²) in [7, 11) is 0. The average Bonchev–Trinajstić information content (AvgIpc) is 2.95. The Morgan fingerprint density at radius 2 is 1.32 bits per heavy atom. The highest BCUT2D eigenvalue weighted by Gasteiger charge is 2.34. The maximum atomic E-state index is 14.8. The van der Waals surface area contributed by atoms with Crippen LogP contribution < -0.4 is 4.74 Å². The van der Waals surface area contributed by atoms with Gasteiger partial charge in [-0.25, -0.2) is 4.39 Å². The first-order valence-electron chi connectivity index (χ1n) is 15.9. The molecule has 37 heavy (non-hydrogen) atoms. The molecule has 0 spiro atoms. The van der Waals surface area contributed by atoms with Crippen molar-refractivity contribution in [1.82, 2.24) is 0 Å². The molecule has 0 saturated heterocycles. The third-order valence-electron chi connectivity index (χ3n) is 10.8. The largest absolute Gasteiger partial charge is 0.487 e. The van der Waals surface area contributed by atoms with Gasteiger partial charge in [0, 0.05) is 5.56 Å². The molecule has 0 bridgehead atoms. The van der Waals surface area contributed by atoms with E-state index in [0.717, 1.165) is 54.4 Å². The number of halogens is 2. The minimum Gasteiger partial charge on any atom is -0.487 e. The maximum Gasteiger partial charge on any atom is 0.201 e. The maximum absolute atomic E-state index is 14.8. The number of hydrogen-bond donors (Lipinski definition) is 0. The first-order chi connectivity index (χ1) is 18.1. The third-order valence-corrected chi connectivity index (χ3v) is 10.8. The van der Waals surface area contributed by atoms with Gasteiger partial charge in [0.05, 0.1) is 6.10 Å². The van der Waals surface area contributed by atoms with E-state index >= 15 is 0 Å². The molecule has 5 rings (SSSR count). The van der Waals surface area contributed by atoms with Gasteiger partial charge in [-0.2, -0.15) is 4.39 Å². The number of hydrogen-bond acceptors (Lipinski definition) is 1. The van der Waals surface area contributed by atoms with Gasteiger partial charge in [-0.15, -0.1) is 0 Å². The van der Waals surface area contributed by atoms with Crippen molar-refractivity contribution in [2.75, 3.05) is 0 Å². The fraction of sp³-hybridized carbons (Fsp3) is 0.765. The fourth-order valence-electron chi connectivity index (χ4n) is 8.44. The van der Waals surface area contributed by atoms with Gasteiger partial charge in [0.2, 0.25) is 5.82 Å². The molecule has 3 heteroatoms. The van der Waals surface area contributed by atoms with Crippen molar-refractivity contribution < 1.29 is 13.5 Å². The van der Waals surface area contributed by atoms with E-state index in [1.165, 1.54) is 89.9 Å². The minimum absolute atomic E-state index is 0.00130. The topological polar surface area (TPSA) is 9.23 Å². The normalized spacial score (nSPS) is 34.8. The lowest BCUT2D eigenvalue weighted by molar-refractivity contribution is 0.107. The van der Waals surface area contributed by atoms with E-state index in [0.29, 0.717) is 11.5 Å². The number of benzene rings is 1. The van der Waals surface area contributed by atoms with Crippen LogP contribution in [0.15, 0.2) is 12.1 Å². The molecule has 1 aliphatic heterocycles. The summed E-state index contributed by atoms with van der Waals surface area (Å²) in [5.74, 6) is 3.93. The SMILES string of the molecule is CCCC1CCC(C2CCC(C3CCC(/C=C/c4cc5c(c(F)c4F)OC(CC)CC5)CC3)CC2)CC1. The highest BCUT2D eigenvalue weighted by molar-refractivity contribution is 5.55. The molecule has 1 aromatic carbocycles. The van der Waals surface area contributed by atoms with Gasteiger partial charge in [-0.1, -0.05) is 51.7 Å².